The molecule has 1 aromatic carbocycles. The van der Waals surface area contributed by atoms with Crippen molar-refractivity contribution in [3.63, 3.8) is 0 Å². The third kappa shape index (κ3) is 5.02. The lowest BCUT2D eigenvalue weighted by molar-refractivity contribution is 0.157. The first kappa shape index (κ1) is 19.6. The minimum atomic E-state index is 0. The highest BCUT2D eigenvalue weighted by atomic mass is 35.5. The second-order valence-corrected chi connectivity index (χ2v) is 5.95. The van der Waals surface area contributed by atoms with Gasteiger partial charge in [0.1, 0.15) is 5.75 Å². The quantitative estimate of drug-likeness (QED) is 0.850. The van der Waals surface area contributed by atoms with Crippen LogP contribution in [0, 0.1) is 5.92 Å². The van der Waals surface area contributed by atoms with E-state index in [4.69, 9.17) is 4.74 Å². The van der Waals surface area contributed by atoms with Crippen LogP contribution in [0.5, 0.6) is 5.75 Å². The molecule has 0 radical (unpaired) electrons. The minimum absolute atomic E-state index is 0. The molecular formula is C17H28Cl2N2O. The Balaban J connectivity index is 0.00000121. The average molecular weight is 347 g/mol. The van der Waals surface area contributed by atoms with Gasteiger partial charge >= 0.3 is 0 Å². The molecule has 0 bridgehead atoms. The fraction of sp³-hybridized carbons (Fsp3) is 0.647. The molecule has 1 saturated heterocycles. The Morgan fingerprint density at radius 2 is 1.86 bits per heavy atom. The summed E-state index contributed by atoms with van der Waals surface area (Å²) in [6, 6.07) is 9.16. The predicted octanol–water partition coefficient (Wildman–Crippen LogP) is 3.68. The van der Waals surface area contributed by atoms with Crippen molar-refractivity contribution in [2.45, 2.75) is 32.2 Å². The average Bonchev–Trinajstić information content (AvgIpc) is 3.31. The van der Waals surface area contributed by atoms with Crippen LogP contribution in [0.1, 0.15) is 37.8 Å². The SMILES string of the molecule is CCOc1ccccc1[C@@H](CC1CC1)N1CCNCC1.Cl.Cl. The maximum absolute atomic E-state index is 5.87. The van der Waals surface area contributed by atoms with Crippen LogP contribution in [0.25, 0.3) is 0 Å². The van der Waals surface area contributed by atoms with E-state index in [2.05, 4.69) is 41.4 Å². The van der Waals surface area contributed by atoms with E-state index in [0.717, 1.165) is 44.5 Å². The number of benzene rings is 1. The maximum Gasteiger partial charge on any atom is 0.124 e. The van der Waals surface area contributed by atoms with Crippen LogP contribution in [-0.4, -0.2) is 37.7 Å². The van der Waals surface area contributed by atoms with Gasteiger partial charge < -0.3 is 10.1 Å². The molecule has 1 N–H and O–H groups in total. The van der Waals surface area contributed by atoms with Crippen molar-refractivity contribution in [3.05, 3.63) is 29.8 Å². The summed E-state index contributed by atoms with van der Waals surface area (Å²) in [4.78, 5) is 2.65. The van der Waals surface area contributed by atoms with Gasteiger partial charge in [-0.1, -0.05) is 31.0 Å². The van der Waals surface area contributed by atoms with Gasteiger partial charge in [0.25, 0.3) is 0 Å². The van der Waals surface area contributed by atoms with Gasteiger partial charge in [-0.25, -0.2) is 0 Å². The fourth-order valence-electron chi connectivity index (χ4n) is 3.18. The number of nitrogens with one attached hydrogen (secondary N) is 1. The molecule has 5 heteroatoms. The number of rotatable bonds is 6. The zero-order valence-corrected chi connectivity index (χ0v) is 14.9. The van der Waals surface area contributed by atoms with Gasteiger partial charge in [-0.15, -0.1) is 24.8 Å². The summed E-state index contributed by atoms with van der Waals surface area (Å²) in [6.07, 6.45) is 4.13. The van der Waals surface area contributed by atoms with Crippen LogP contribution >= 0.6 is 24.8 Å². The molecule has 1 aliphatic carbocycles. The van der Waals surface area contributed by atoms with Gasteiger partial charge in [-0.3, -0.25) is 4.90 Å². The van der Waals surface area contributed by atoms with Crippen LogP contribution < -0.4 is 10.1 Å². The Labute approximate surface area is 146 Å². The van der Waals surface area contributed by atoms with Gasteiger partial charge in [-0.05, 0) is 25.3 Å². The van der Waals surface area contributed by atoms with E-state index in [1.165, 1.54) is 24.8 Å². The number of ether oxygens (including phenoxy) is 1. The van der Waals surface area contributed by atoms with E-state index in [1.807, 2.05) is 0 Å². The number of hydrogen-bond donors (Lipinski definition) is 1. The molecule has 0 unspecified atom stereocenters. The first-order chi connectivity index (χ1) is 9.88. The highest BCUT2D eigenvalue weighted by molar-refractivity contribution is 5.85. The first-order valence-electron chi connectivity index (χ1n) is 8.05. The van der Waals surface area contributed by atoms with Crippen molar-refractivity contribution < 1.29 is 4.74 Å². The number of para-hydroxylation sites is 1. The third-order valence-electron chi connectivity index (χ3n) is 4.42. The van der Waals surface area contributed by atoms with Crippen molar-refractivity contribution in [2.24, 2.45) is 5.92 Å². The molecule has 2 fully saturated rings. The number of nitrogens with zero attached hydrogens (tertiary/aromatic N) is 1. The summed E-state index contributed by atoms with van der Waals surface area (Å²) >= 11 is 0. The van der Waals surface area contributed by atoms with Crippen LogP contribution in [0.3, 0.4) is 0 Å². The molecule has 1 aromatic rings. The van der Waals surface area contributed by atoms with Gasteiger partial charge in [0.15, 0.2) is 0 Å². The van der Waals surface area contributed by atoms with E-state index in [1.54, 1.807) is 0 Å². The van der Waals surface area contributed by atoms with Crippen molar-refractivity contribution in [1.82, 2.24) is 10.2 Å². The van der Waals surface area contributed by atoms with Crippen LogP contribution in [0.15, 0.2) is 24.3 Å². The molecule has 22 heavy (non-hydrogen) atoms. The van der Waals surface area contributed by atoms with E-state index in [0.29, 0.717) is 6.04 Å². The summed E-state index contributed by atoms with van der Waals surface area (Å²) in [5, 5.41) is 3.46. The Morgan fingerprint density at radius 3 is 2.50 bits per heavy atom. The minimum Gasteiger partial charge on any atom is -0.494 e. The van der Waals surface area contributed by atoms with Crippen LogP contribution in [-0.2, 0) is 0 Å². The van der Waals surface area contributed by atoms with Gasteiger partial charge in [0.05, 0.1) is 6.61 Å². The number of halogens is 2. The Hall–Kier alpha value is -0.480. The zero-order chi connectivity index (χ0) is 13.8. The molecule has 126 valence electrons. The molecule has 2 aliphatic rings. The van der Waals surface area contributed by atoms with Gasteiger partial charge in [0, 0.05) is 37.8 Å². The molecule has 0 aromatic heterocycles. The highest BCUT2D eigenvalue weighted by Gasteiger charge is 2.31. The van der Waals surface area contributed by atoms with E-state index in [-0.39, 0.29) is 24.8 Å². The second-order valence-electron chi connectivity index (χ2n) is 5.95. The largest absolute Gasteiger partial charge is 0.494 e. The lowest BCUT2D eigenvalue weighted by Crippen LogP contribution is -2.45. The molecule has 1 atom stereocenters. The summed E-state index contributed by atoms with van der Waals surface area (Å²) in [5.41, 5.74) is 1.39. The molecule has 1 heterocycles. The Bertz CT molecular complexity index is 434. The smallest absolute Gasteiger partial charge is 0.124 e. The molecule has 1 aliphatic heterocycles. The summed E-state index contributed by atoms with van der Waals surface area (Å²) in [6.45, 7) is 7.33. The van der Waals surface area contributed by atoms with E-state index < -0.39 is 0 Å². The molecular weight excluding hydrogens is 319 g/mol. The topological polar surface area (TPSA) is 24.5 Å². The summed E-state index contributed by atoms with van der Waals surface area (Å²) < 4.78 is 5.87. The van der Waals surface area contributed by atoms with Crippen molar-refractivity contribution >= 4 is 24.8 Å². The Morgan fingerprint density at radius 1 is 1.18 bits per heavy atom. The van der Waals surface area contributed by atoms with Crippen LogP contribution in [0.4, 0.5) is 0 Å². The zero-order valence-electron chi connectivity index (χ0n) is 13.3. The molecule has 3 rings (SSSR count). The first-order valence-corrected chi connectivity index (χ1v) is 8.05. The van der Waals surface area contributed by atoms with Crippen molar-refractivity contribution in [2.75, 3.05) is 32.8 Å². The predicted molar refractivity (Wildman–Crippen MR) is 96.6 cm³/mol. The normalized spacial score (nSPS) is 19.7. The van der Waals surface area contributed by atoms with Crippen molar-refractivity contribution in [3.8, 4) is 5.75 Å². The fourth-order valence-corrected chi connectivity index (χ4v) is 3.18. The lowest BCUT2D eigenvalue weighted by Gasteiger charge is -2.36. The summed E-state index contributed by atoms with van der Waals surface area (Å²) in [7, 11) is 0. The summed E-state index contributed by atoms with van der Waals surface area (Å²) in [5.74, 6) is 2.02. The molecule has 3 nitrogen and oxygen atoms in total. The van der Waals surface area contributed by atoms with Crippen LogP contribution in [0.2, 0.25) is 0 Å². The second kappa shape index (κ2) is 9.61. The third-order valence-corrected chi connectivity index (χ3v) is 4.42. The van der Waals surface area contributed by atoms with Gasteiger partial charge in [-0.2, -0.15) is 0 Å². The van der Waals surface area contributed by atoms with E-state index in [9.17, 15) is 0 Å². The molecule has 0 amide bonds. The van der Waals surface area contributed by atoms with E-state index >= 15 is 0 Å². The highest BCUT2D eigenvalue weighted by Crippen LogP contribution is 2.42. The maximum atomic E-state index is 5.87. The van der Waals surface area contributed by atoms with Crippen molar-refractivity contribution in [1.29, 1.82) is 0 Å². The van der Waals surface area contributed by atoms with Gasteiger partial charge in [0.2, 0.25) is 0 Å². The lowest BCUT2D eigenvalue weighted by atomic mass is 9.97. The number of hydrogen-bond acceptors (Lipinski definition) is 3. The molecule has 1 saturated carbocycles. The standard InChI is InChI=1S/C17H26N2O.2ClH/c1-2-20-17-6-4-3-5-15(17)16(13-14-7-8-14)19-11-9-18-10-12-19;;/h3-6,14,16,18H,2,7-13H2,1H3;2*1H/t16-;;/m1../s1. The Kier molecular flexibility index (Phi) is 8.55. The monoisotopic (exact) mass is 346 g/mol. The number of piperazine rings is 1. The molecule has 0 spiro atoms.